The van der Waals surface area contributed by atoms with Crippen LogP contribution >= 0.6 is 34.8 Å². The van der Waals surface area contributed by atoms with Crippen molar-refractivity contribution >= 4 is 62.1 Å². The van der Waals surface area contributed by atoms with Gasteiger partial charge in [-0.3, -0.25) is 9.52 Å². The lowest BCUT2D eigenvalue weighted by Crippen LogP contribution is -2.20. The number of sulfonamides is 1. The standard InChI is InChI=1S/C20H15Cl3N2O4S/c21-13-4-6-14(7-5-13)25-30(27,28)16-10-8-15(9-11-16)29-12-19(26)24-20-17(22)2-1-3-18(20)23/h1-11,25H,12H2,(H,24,26). The first-order valence-corrected chi connectivity index (χ1v) is 11.1. The van der Waals surface area contributed by atoms with E-state index in [4.69, 9.17) is 39.5 Å². The summed E-state index contributed by atoms with van der Waals surface area (Å²) in [5.41, 5.74) is 0.679. The molecular weight excluding hydrogens is 471 g/mol. The van der Waals surface area contributed by atoms with Gasteiger partial charge in [0.25, 0.3) is 15.9 Å². The van der Waals surface area contributed by atoms with Gasteiger partial charge in [-0.15, -0.1) is 0 Å². The first-order valence-electron chi connectivity index (χ1n) is 8.50. The Hall–Kier alpha value is -2.45. The summed E-state index contributed by atoms with van der Waals surface area (Å²) >= 11 is 17.8. The average molecular weight is 486 g/mol. The largest absolute Gasteiger partial charge is 0.484 e. The van der Waals surface area contributed by atoms with Crippen molar-refractivity contribution in [2.45, 2.75) is 4.90 Å². The molecule has 3 aromatic rings. The van der Waals surface area contributed by atoms with Crippen LogP contribution in [-0.2, 0) is 14.8 Å². The maximum atomic E-state index is 12.5. The molecule has 1 amide bonds. The minimum absolute atomic E-state index is 0.0390. The van der Waals surface area contributed by atoms with Gasteiger partial charge in [0.1, 0.15) is 5.75 Å². The molecule has 0 atom stereocenters. The summed E-state index contributed by atoms with van der Waals surface area (Å²) in [6.45, 7) is -0.309. The number of rotatable bonds is 7. The van der Waals surface area contributed by atoms with Gasteiger partial charge in [-0.25, -0.2) is 8.42 Å². The van der Waals surface area contributed by atoms with Crippen LogP contribution in [0.3, 0.4) is 0 Å². The van der Waals surface area contributed by atoms with E-state index < -0.39 is 15.9 Å². The Kier molecular flexibility index (Phi) is 7.10. The van der Waals surface area contributed by atoms with Gasteiger partial charge in [-0.1, -0.05) is 40.9 Å². The van der Waals surface area contributed by atoms with E-state index in [1.54, 1.807) is 42.5 Å². The molecule has 156 valence electrons. The molecule has 30 heavy (non-hydrogen) atoms. The number of hydrogen-bond acceptors (Lipinski definition) is 4. The SMILES string of the molecule is O=C(COc1ccc(S(=O)(=O)Nc2ccc(Cl)cc2)cc1)Nc1c(Cl)cccc1Cl. The van der Waals surface area contributed by atoms with Crippen molar-refractivity contribution < 1.29 is 17.9 Å². The van der Waals surface area contributed by atoms with E-state index in [0.717, 1.165) is 0 Å². The third-order valence-corrected chi connectivity index (χ3v) is 6.11. The van der Waals surface area contributed by atoms with E-state index in [9.17, 15) is 13.2 Å². The van der Waals surface area contributed by atoms with Gasteiger partial charge in [0.15, 0.2) is 6.61 Å². The molecule has 0 aliphatic rings. The van der Waals surface area contributed by atoms with Crippen LogP contribution in [0.25, 0.3) is 0 Å². The minimum atomic E-state index is -3.78. The summed E-state index contributed by atoms with van der Waals surface area (Å²) < 4.78 is 32.8. The van der Waals surface area contributed by atoms with Crippen LogP contribution in [0, 0.1) is 0 Å². The summed E-state index contributed by atoms with van der Waals surface area (Å²) in [6.07, 6.45) is 0. The Bertz CT molecular complexity index is 1130. The van der Waals surface area contributed by atoms with E-state index >= 15 is 0 Å². The minimum Gasteiger partial charge on any atom is -0.484 e. The summed E-state index contributed by atoms with van der Waals surface area (Å²) in [5, 5.41) is 3.68. The van der Waals surface area contributed by atoms with E-state index in [2.05, 4.69) is 10.0 Å². The summed E-state index contributed by atoms with van der Waals surface area (Å²) in [6, 6.07) is 16.8. The van der Waals surface area contributed by atoms with Gasteiger partial charge >= 0.3 is 0 Å². The normalized spacial score (nSPS) is 11.0. The van der Waals surface area contributed by atoms with Crippen LogP contribution < -0.4 is 14.8 Å². The van der Waals surface area contributed by atoms with E-state index in [1.807, 2.05) is 0 Å². The second-order valence-electron chi connectivity index (χ2n) is 6.02. The molecule has 0 saturated heterocycles. The second-order valence-corrected chi connectivity index (χ2v) is 8.95. The number of benzene rings is 3. The number of carbonyl (C=O) groups excluding carboxylic acids is 1. The molecule has 6 nitrogen and oxygen atoms in total. The van der Waals surface area contributed by atoms with E-state index in [-0.39, 0.29) is 11.5 Å². The maximum absolute atomic E-state index is 12.5. The molecule has 0 saturated carbocycles. The fourth-order valence-electron chi connectivity index (χ4n) is 2.39. The zero-order valence-electron chi connectivity index (χ0n) is 15.2. The van der Waals surface area contributed by atoms with Crippen LogP contribution in [0.2, 0.25) is 15.1 Å². The third-order valence-electron chi connectivity index (χ3n) is 3.83. The van der Waals surface area contributed by atoms with Crippen molar-refractivity contribution in [1.82, 2.24) is 0 Å². The molecule has 3 aromatic carbocycles. The van der Waals surface area contributed by atoms with Crippen molar-refractivity contribution in [2.75, 3.05) is 16.6 Å². The molecular formula is C20H15Cl3N2O4S. The van der Waals surface area contributed by atoms with Gasteiger partial charge in [-0.2, -0.15) is 0 Å². The lowest BCUT2D eigenvalue weighted by atomic mass is 10.3. The highest BCUT2D eigenvalue weighted by molar-refractivity contribution is 7.92. The number of anilines is 2. The second kappa shape index (κ2) is 9.57. The highest BCUT2D eigenvalue weighted by Gasteiger charge is 2.15. The van der Waals surface area contributed by atoms with Crippen molar-refractivity contribution in [1.29, 1.82) is 0 Å². The highest BCUT2D eigenvalue weighted by Crippen LogP contribution is 2.29. The molecule has 0 heterocycles. The number of nitrogens with one attached hydrogen (secondary N) is 2. The molecule has 0 spiro atoms. The van der Waals surface area contributed by atoms with Crippen molar-refractivity contribution in [3.8, 4) is 5.75 Å². The first kappa shape index (κ1) is 22.2. The van der Waals surface area contributed by atoms with E-state index in [1.165, 1.54) is 24.3 Å². The van der Waals surface area contributed by atoms with Gasteiger partial charge in [0.05, 0.1) is 20.6 Å². The van der Waals surface area contributed by atoms with Crippen LogP contribution in [0.15, 0.2) is 71.6 Å². The Balaban J connectivity index is 1.60. The average Bonchev–Trinajstić information content (AvgIpc) is 2.71. The van der Waals surface area contributed by atoms with Crippen molar-refractivity contribution in [2.24, 2.45) is 0 Å². The van der Waals surface area contributed by atoms with Gasteiger partial charge in [-0.05, 0) is 60.7 Å². The Morgan fingerprint density at radius 1 is 0.867 bits per heavy atom. The molecule has 0 radical (unpaired) electrons. The topological polar surface area (TPSA) is 84.5 Å². The molecule has 10 heteroatoms. The van der Waals surface area contributed by atoms with Crippen LogP contribution in [0.4, 0.5) is 11.4 Å². The first-order chi connectivity index (χ1) is 14.2. The monoisotopic (exact) mass is 484 g/mol. The predicted molar refractivity (Wildman–Crippen MR) is 119 cm³/mol. The number of halogens is 3. The number of ether oxygens (including phenoxy) is 1. The van der Waals surface area contributed by atoms with Crippen LogP contribution in [-0.4, -0.2) is 20.9 Å². The summed E-state index contributed by atoms with van der Waals surface area (Å²) in [4.78, 5) is 12.1. The molecule has 0 unspecified atom stereocenters. The van der Waals surface area contributed by atoms with Crippen LogP contribution in [0.5, 0.6) is 5.75 Å². The van der Waals surface area contributed by atoms with Gasteiger partial charge in [0, 0.05) is 10.7 Å². The fraction of sp³-hybridized carbons (Fsp3) is 0.0500. The maximum Gasteiger partial charge on any atom is 0.262 e. The summed E-state index contributed by atoms with van der Waals surface area (Å²) in [5.74, 6) is -0.146. The summed E-state index contributed by atoms with van der Waals surface area (Å²) in [7, 11) is -3.78. The third kappa shape index (κ3) is 5.79. The zero-order valence-corrected chi connectivity index (χ0v) is 18.3. The fourth-order valence-corrected chi connectivity index (χ4v) is 4.07. The smallest absolute Gasteiger partial charge is 0.262 e. The predicted octanol–water partition coefficient (Wildman–Crippen LogP) is 5.47. The molecule has 2 N–H and O–H groups in total. The highest BCUT2D eigenvalue weighted by atomic mass is 35.5. The molecule has 0 bridgehead atoms. The van der Waals surface area contributed by atoms with Gasteiger partial charge < -0.3 is 10.1 Å². The lowest BCUT2D eigenvalue weighted by molar-refractivity contribution is -0.118. The van der Waals surface area contributed by atoms with Gasteiger partial charge in [0.2, 0.25) is 0 Å². The van der Waals surface area contributed by atoms with Crippen molar-refractivity contribution in [3.05, 3.63) is 81.8 Å². The number of carbonyl (C=O) groups is 1. The molecule has 0 aliphatic heterocycles. The Morgan fingerprint density at radius 3 is 2.07 bits per heavy atom. The van der Waals surface area contributed by atoms with Crippen molar-refractivity contribution in [3.63, 3.8) is 0 Å². The lowest BCUT2D eigenvalue weighted by Gasteiger charge is -2.11. The quantitative estimate of drug-likeness (QED) is 0.465. The molecule has 0 aliphatic carbocycles. The number of para-hydroxylation sites is 1. The van der Waals surface area contributed by atoms with Crippen LogP contribution in [0.1, 0.15) is 0 Å². The molecule has 0 fully saturated rings. The Morgan fingerprint density at radius 2 is 1.47 bits per heavy atom. The zero-order chi connectivity index (χ0) is 21.7. The molecule has 3 rings (SSSR count). The number of hydrogen-bond donors (Lipinski definition) is 2. The Labute approximate surface area is 188 Å². The number of amides is 1. The van der Waals surface area contributed by atoms with E-state index in [0.29, 0.717) is 32.2 Å². The molecule has 0 aromatic heterocycles.